The molecule has 0 bridgehead atoms. The molecular weight excluding hydrogens is 327 g/mol. The summed E-state index contributed by atoms with van der Waals surface area (Å²) in [6.07, 6.45) is 0. The molecule has 0 atom stereocenters. The van der Waals surface area contributed by atoms with Crippen molar-refractivity contribution in [1.82, 2.24) is 4.90 Å². The Morgan fingerprint density at radius 1 is 0.958 bits per heavy atom. The predicted molar refractivity (Wildman–Crippen MR) is 94.5 cm³/mol. The topological polar surface area (TPSA) is 24.9 Å². The fourth-order valence-electron chi connectivity index (χ4n) is 3.07. The molecule has 1 saturated heterocycles. The second-order valence-corrected chi connectivity index (χ2v) is 6.19. The van der Waals surface area contributed by atoms with E-state index in [1.807, 2.05) is 30.3 Å². The van der Waals surface area contributed by atoms with Crippen LogP contribution in [0.4, 0.5) is 10.1 Å². The minimum Gasteiger partial charge on any atom is -0.454 e. The van der Waals surface area contributed by atoms with Crippen LogP contribution < -0.4 is 14.4 Å². The first kappa shape index (κ1) is 15.2. The Hall–Kier alpha value is -2.34. The van der Waals surface area contributed by atoms with Crippen molar-refractivity contribution < 1.29 is 13.9 Å². The van der Waals surface area contributed by atoms with Crippen molar-refractivity contribution in [3.8, 4) is 11.5 Å². The van der Waals surface area contributed by atoms with Crippen molar-refractivity contribution in [3.05, 3.63) is 53.8 Å². The van der Waals surface area contributed by atoms with Gasteiger partial charge in [-0.15, -0.1) is 0 Å². The lowest BCUT2D eigenvalue weighted by molar-refractivity contribution is 0.174. The zero-order chi connectivity index (χ0) is 16.5. The molecular formula is C18H17FN2O2S. The van der Waals surface area contributed by atoms with Crippen molar-refractivity contribution in [2.24, 2.45) is 0 Å². The van der Waals surface area contributed by atoms with Crippen LogP contribution in [0.3, 0.4) is 0 Å². The first-order valence-corrected chi connectivity index (χ1v) is 8.31. The second kappa shape index (κ2) is 6.28. The molecule has 0 aromatic heterocycles. The maximum Gasteiger partial charge on any atom is 0.231 e. The van der Waals surface area contributed by atoms with Crippen molar-refractivity contribution in [1.29, 1.82) is 0 Å². The summed E-state index contributed by atoms with van der Waals surface area (Å²) in [6, 6.07) is 12.7. The van der Waals surface area contributed by atoms with Gasteiger partial charge in [0.2, 0.25) is 6.79 Å². The molecule has 0 aliphatic carbocycles. The lowest BCUT2D eigenvalue weighted by Gasteiger charge is -2.37. The van der Waals surface area contributed by atoms with Crippen LogP contribution in [0.2, 0.25) is 0 Å². The third-order valence-corrected chi connectivity index (χ3v) is 4.87. The van der Waals surface area contributed by atoms with Gasteiger partial charge in [0, 0.05) is 31.7 Å². The Morgan fingerprint density at radius 3 is 2.50 bits per heavy atom. The molecule has 0 amide bonds. The quantitative estimate of drug-likeness (QED) is 0.780. The predicted octanol–water partition coefficient (Wildman–Crippen LogP) is 3.05. The van der Waals surface area contributed by atoms with E-state index in [1.165, 1.54) is 6.07 Å². The van der Waals surface area contributed by atoms with Crippen molar-refractivity contribution in [2.45, 2.75) is 0 Å². The average molecular weight is 344 g/mol. The van der Waals surface area contributed by atoms with Crippen LogP contribution >= 0.6 is 12.2 Å². The number of hydrogen-bond donors (Lipinski definition) is 0. The summed E-state index contributed by atoms with van der Waals surface area (Å²) < 4.78 is 24.7. The maximum atomic E-state index is 13.9. The molecule has 2 aliphatic heterocycles. The first-order valence-electron chi connectivity index (χ1n) is 7.91. The number of halogens is 1. The van der Waals surface area contributed by atoms with E-state index in [4.69, 9.17) is 21.7 Å². The van der Waals surface area contributed by atoms with Gasteiger partial charge in [-0.05, 0) is 30.3 Å². The minimum absolute atomic E-state index is 0.177. The SMILES string of the molecule is Fc1ccccc1N1CCN(C(=S)c2ccc3c(c2)OCO3)CC1. The van der Waals surface area contributed by atoms with Gasteiger partial charge in [-0.1, -0.05) is 24.4 Å². The van der Waals surface area contributed by atoms with E-state index < -0.39 is 0 Å². The molecule has 2 aromatic carbocycles. The van der Waals surface area contributed by atoms with Crippen molar-refractivity contribution in [2.75, 3.05) is 37.9 Å². The Kier molecular flexibility index (Phi) is 3.98. The van der Waals surface area contributed by atoms with Gasteiger partial charge in [0.25, 0.3) is 0 Å². The molecule has 24 heavy (non-hydrogen) atoms. The van der Waals surface area contributed by atoms with Gasteiger partial charge in [0.05, 0.1) is 5.69 Å². The van der Waals surface area contributed by atoms with Crippen molar-refractivity contribution in [3.63, 3.8) is 0 Å². The third kappa shape index (κ3) is 2.78. The van der Waals surface area contributed by atoms with Crippen molar-refractivity contribution >= 4 is 22.9 Å². The van der Waals surface area contributed by atoms with Crippen LogP contribution in [0.1, 0.15) is 5.56 Å². The van der Waals surface area contributed by atoms with Gasteiger partial charge in [0.1, 0.15) is 10.8 Å². The zero-order valence-electron chi connectivity index (χ0n) is 13.1. The summed E-state index contributed by atoms with van der Waals surface area (Å²) in [6.45, 7) is 3.27. The molecule has 4 rings (SSSR count). The standard InChI is InChI=1S/C18H17FN2O2S/c19-14-3-1-2-4-15(14)20-7-9-21(10-8-20)18(24)13-5-6-16-17(11-13)23-12-22-16/h1-6,11H,7-10,12H2. The Balaban J connectivity index is 1.44. The van der Waals surface area contributed by atoms with E-state index >= 15 is 0 Å². The Morgan fingerprint density at radius 2 is 1.71 bits per heavy atom. The van der Waals surface area contributed by atoms with E-state index in [0.29, 0.717) is 5.69 Å². The maximum absolute atomic E-state index is 13.9. The third-order valence-electron chi connectivity index (χ3n) is 4.38. The molecule has 1 fully saturated rings. The summed E-state index contributed by atoms with van der Waals surface area (Å²) in [7, 11) is 0. The summed E-state index contributed by atoms with van der Waals surface area (Å²) in [5, 5.41) is 0. The molecule has 2 heterocycles. The number of anilines is 1. The highest BCUT2D eigenvalue weighted by molar-refractivity contribution is 7.80. The van der Waals surface area contributed by atoms with Gasteiger partial charge in [-0.3, -0.25) is 0 Å². The lowest BCUT2D eigenvalue weighted by atomic mass is 10.1. The molecule has 6 heteroatoms. The van der Waals surface area contributed by atoms with Gasteiger partial charge < -0.3 is 19.3 Å². The van der Waals surface area contributed by atoms with Gasteiger partial charge in [-0.25, -0.2) is 4.39 Å². The monoisotopic (exact) mass is 344 g/mol. The Bertz CT molecular complexity index is 775. The second-order valence-electron chi connectivity index (χ2n) is 5.80. The average Bonchev–Trinajstić information content (AvgIpc) is 3.09. The fourth-order valence-corrected chi connectivity index (χ4v) is 3.38. The zero-order valence-corrected chi connectivity index (χ0v) is 13.9. The number of piperazine rings is 1. The molecule has 0 N–H and O–H groups in total. The van der Waals surface area contributed by atoms with Gasteiger partial charge in [0.15, 0.2) is 11.5 Å². The molecule has 0 spiro atoms. The number of hydrogen-bond acceptors (Lipinski definition) is 4. The number of benzene rings is 2. The smallest absolute Gasteiger partial charge is 0.231 e. The van der Waals surface area contributed by atoms with E-state index in [0.717, 1.165) is 48.2 Å². The van der Waals surface area contributed by atoms with E-state index in [2.05, 4.69) is 9.80 Å². The first-order chi connectivity index (χ1) is 11.7. The summed E-state index contributed by atoms with van der Waals surface area (Å²) >= 11 is 5.63. The minimum atomic E-state index is -0.177. The highest BCUT2D eigenvalue weighted by Crippen LogP contribution is 2.33. The van der Waals surface area contributed by atoms with Crippen LogP contribution in [0.15, 0.2) is 42.5 Å². The van der Waals surface area contributed by atoms with Crippen LogP contribution in [-0.4, -0.2) is 42.9 Å². The van der Waals surface area contributed by atoms with Gasteiger partial charge >= 0.3 is 0 Å². The summed E-state index contributed by atoms with van der Waals surface area (Å²) in [5.74, 6) is 1.31. The normalized spacial score (nSPS) is 16.4. The number of ether oxygens (including phenoxy) is 2. The molecule has 0 unspecified atom stereocenters. The lowest BCUT2D eigenvalue weighted by Crippen LogP contribution is -2.48. The number of thiocarbonyl (C=S) groups is 1. The number of fused-ring (bicyclic) bond motifs is 1. The number of para-hydroxylation sites is 1. The van der Waals surface area contributed by atoms with Crippen LogP contribution in [0.5, 0.6) is 11.5 Å². The molecule has 2 aliphatic rings. The fraction of sp³-hybridized carbons (Fsp3) is 0.278. The highest BCUT2D eigenvalue weighted by Gasteiger charge is 2.23. The largest absolute Gasteiger partial charge is 0.454 e. The Labute approximate surface area is 145 Å². The van der Waals surface area contributed by atoms with Crippen LogP contribution in [-0.2, 0) is 0 Å². The number of rotatable bonds is 2. The molecule has 0 radical (unpaired) electrons. The van der Waals surface area contributed by atoms with E-state index in [1.54, 1.807) is 6.07 Å². The highest BCUT2D eigenvalue weighted by atomic mass is 32.1. The van der Waals surface area contributed by atoms with Crippen LogP contribution in [0, 0.1) is 5.82 Å². The van der Waals surface area contributed by atoms with Gasteiger partial charge in [-0.2, -0.15) is 0 Å². The van der Waals surface area contributed by atoms with Crippen LogP contribution in [0.25, 0.3) is 0 Å². The molecule has 0 saturated carbocycles. The molecule has 4 nitrogen and oxygen atoms in total. The van der Waals surface area contributed by atoms with E-state index in [9.17, 15) is 4.39 Å². The summed E-state index contributed by atoms with van der Waals surface area (Å²) in [5.41, 5.74) is 1.61. The molecule has 124 valence electrons. The number of nitrogens with zero attached hydrogens (tertiary/aromatic N) is 2. The molecule has 2 aromatic rings. The van der Waals surface area contributed by atoms with E-state index in [-0.39, 0.29) is 12.6 Å². The summed E-state index contributed by atoms with van der Waals surface area (Å²) in [4.78, 5) is 5.01.